The monoisotopic (exact) mass is 251 g/mol. The van der Waals surface area contributed by atoms with Crippen LogP contribution in [-0.2, 0) is 0 Å². The zero-order chi connectivity index (χ0) is 10.6. The summed E-state index contributed by atoms with van der Waals surface area (Å²) in [5, 5.41) is 1.18. The van der Waals surface area contributed by atoms with Crippen LogP contribution in [0.2, 0.25) is 0 Å². The molecule has 1 aromatic heterocycles. The summed E-state index contributed by atoms with van der Waals surface area (Å²) >= 11 is 3.49. The molecule has 0 atom stereocenters. The molecule has 0 aliphatic rings. The van der Waals surface area contributed by atoms with E-state index in [1.54, 1.807) is 0 Å². The number of nitrogens with zero attached hydrogens (tertiary/aromatic N) is 1. The number of fused-ring (bicyclic) bond motifs is 1. The van der Waals surface area contributed by atoms with Gasteiger partial charge in [-0.15, -0.1) is 0 Å². The van der Waals surface area contributed by atoms with Crippen LogP contribution in [0.15, 0.2) is 34.9 Å². The van der Waals surface area contributed by atoms with Gasteiger partial charge in [-0.05, 0) is 24.6 Å². The second-order valence-electron chi connectivity index (χ2n) is 2.76. The van der Waals surface area contributed by atoms with Crippen LogP contribution in [0.3, 0.4) is 0 Å². The van der Waals surface area contributed by atoms with Crippen molar-refractivity contribution in [3.63, 3.8) is 0 Å². The third kappa shape index (κ3) is 2.13. The van der Waals surface area contributed by atoms with Gasteiger partial charge in [0, 0.05) is 16.1 Å². The van der Waals surface area contributed by atoms with Gasteiger partial charge in [-0.25, -0.2) is 0 Å². The van der Waals surface area contributed by atoms with Gasteiger partial charge in [-0.2, -0.15) is 0 Å². The number of rotatable bonds is 0. The van der Waals surface area contributed by atoms with Crippen LogP contribution < -0.4 is 0 Å². The van der Waals surface area contributed by atoms with Crippen LogP contribution in [0, 0.1) is 6.92 Å². The fourth-order valence-corrected chi connectivity index (χ4v) is 1.73. The van der Waals surface area contributed by atoms with E-state index < -0.39 is 0 Å². The van der Waals surface area contributed by atoms with E-state index in [4.69, 9.17) is 0 Å². The quantitative estimate of drug-likeness (QED) is 0.679. The van der Waals surface area contributed by atoms with Gasteiger partial charge in [0.05, 0.1) is 5.52 Å². The highest BCUT2D eigenvalue weighted by Gasteiger charge is 2.00. The molecular formula is C12H14BrN. The average molecular weight is 252 g/mol. The highest BCUT2D eigenvalue weighted by Crippen LogP contribution is 2.24. The molecule has 2 rings (SSSR count). The lowest BCUT2D eigenvalue weighted by Gasteiger charge is -2.01. The first-order valence-electron chi connectivity index (χ1n) is 4.79. The fourth-order valence-electron chi connectivity index (χ4n) is 1.28. The third-order valence-corrected chi connectivity index (χ3v) is 2.61. The van der Waals surface area contributed by atoms with Crippen LogP contribution in [0.1, 0.15) is 19.4 Å². The van der Waals surface area contributed by atoms with Crippen molar-refractivity contribution in [3.8, 4) is 0 Å². The number of hydrogen-bond donors (Lipinski definition) is 0. The Balaban J connectivity index is 0.000000461. The molecule has 1 heterocycles. The van der Waals surface area contributed by atoms with Crippen molar-refractivity contribution in [2.75, 3.05) is 0 Å². The zero-order valence-electron chi connectivity index (χ0n) is 8.71. The summed E-state index contributed by atoms with van der Waals surface area (Å²) in [5.41, 5.74) is 2.29. The van der Waals surface area contributed by atoms with E-state index in [1.165, 1.54) is 10.9 Å². The first-order chi connectivity index (χ1) is 6.79. The second kappa shape index (κ2) is 5.11. The van der Waals surface area contributed by atoms with E-state index in [0.29, 0.717) is 0 Å². The third-order valence-electron chi connectivity index (χ3n) is 1.92. The molecule has 0 amide bonds. The summed E-state index contributed by atoms with van der Waals surface area (Å²) in [6.07, 6.45) is 1.82. The number of halogens is 1. The van der Waals surface area contributed by atoms with E-state index in [9.17, 15) is 0 Å². The highest BCUT2D eigenvalue weighted by atomic mass is 79.9. The zero-order valence-corrected chi connectivity index (χ0v) is 10.3. The molecule has 14 heavy (non-hydrogen) atoms. The Bertz CT molecular complexity index is 383. The molecule has 2 aromatic rings. The van der Waals surface area contributed by atoms with Crippen molar-refractivity contribution in [2.24, 2.45) is 0 Å². The van der Waals surface area contributed by atoms with E-state index in [0.717, 1.165) is 9.99 Å². The Hall–Kier alpha value is -0.890. The smallest absolute Gasteiger partial charge is 0.0742 e. The number of benzene rings is 1. The van der Waals surface area contributed by atoms with Crippen LogP contribution in [0.5, 0.6) is 0 Å². The van der Waals surface area contributed by atoms with E-state index in [2.05, 4.69) is 46.0 Å². The molecule has 0 bridgehead atoms. The molecule has 0 aliphatic carbocycles. The number of aryl methyl sites for hydroxylation is 1. The molecule has 0 fully saturated rings. The molecule has 0 aliphatic heterocycles. The Labute approximate surface area is 93.3 Å². The Morgan fingerprint density at radius 2 is 1.86 bits per heavy atom. The molecule has 1 nitrogen and oxygen atoms in total. The predicted octanol–water partition coefficient (Wildman–Crippen LogP) is 4.33. The molecule has 0 unspecified atom stereocenters. The molecule has 0 radical (unpaired) electrons. The first-order valence-corrected chi connectivity index (χ1v) is 5.58. The van der Waals surface area contributed by atoms with Crippen molar-refractivity contribution in [1.82, 2.24) is 4.98 Å². The molecular weight excluding hydrogens is 238 g/mol. The maximum Gasteiger partial charge on any atom is 0.0742 e. The van der Waals surface area contributed by atoms with Crippen molar-refractivity contribution in [2.45, 2.75) is 20.8 Å². The topological polar surface area (TPSA) is 12.9 Å². The minimum atomic E-state index is 1.08. The Kier molecular flexibility index (Phi) is 4.08. The van der Waals surface area contributed by atoms with Crippen LogP contribution in [0.4, 0.5) is 0 Å². The lowest BCUT2D eigenvalue weighted by Crippen LogP contribution is -1.82. The number of aromatic nitrogens is 1. The van der Waals surface area contributed by atoms with Gasteiger partial charge in [0.15, 0.2) is 0 Å². The standard InChI is InChI=1S/C10H8BrN.C2H6/c1-7-4-5-9(11)8-3-2-6-12-10(7)8;1-2/h2-6H,1H3;1-2H3. The van der Waals surface area contributed by atoms with Crippen LogP contribution in [-0.4, -0.2) is 4.98 Å². The van der Waals surface area contributed by atoms with Crippen LogP contribution >= 0.6 is 15.9 Å². The lowest BCUT2D eigenvalue weighted by molar-refractivity contribution is 1.36. The van der Waals surface area contributed by atoms with Crippen molar-refractivity contribution < 1.29 is 0 Å². The summed E-state index contributed by atoms with van der Waals surface area (Å²) in [5.74, 6) is 0. The summed E-state index contributed by atoms with van der Waals surface area (Å²) in [7, 11) is 0. The van der Waals surface area contributed by atoms with Crippen molar-refractivity contribution in [1.29, 1.82) is 0 Å². The molecule has 0 saturated heterocycles. The maximum absolute atomic E-state index is 4.31. The van der Waals surface area contributed by atoms with Gasteiger partial charge >= 0.3 is 0 Å². The summed E-state index contributed by atoms with van der Waals surface area (Å²) in [6.45, 7) is 6.07. The van der Waals surface area contributed by atoms with Gasteiger partial charge in [0.1, 0.15) is 0 Å². The molecule has 2 heteroatoms. The SMILES string of the molecule is CC.Cc1ccc(Br)c2cccnc12. The van der Waals surface area contributed by atoms with E-state index in [1.807, 2.05) is 26.1 Å². The van der Waals surface area contributed by atoms with Crippen molar-refractivity contribution >= 4 is 26.8 Å². The number of pyridine rings is 1. The molecule has 0 saturated carbocycles. The van der Waals surface area contributed by atoms with Crippen LogP contribution in [0.25, 0.3) is 10.9 Å². The summed E-state index contributed by atoms with van der Waals surface area (Å²) in [6, 6.07) is 8.14. The highest BCUT2D eigenvalue weighted by molar-refractivity contribution is 9.10. The molecule has 74 valence electrons. The summed E-state index contributed by atoms with van der Waals surface area (Å²) < 4.78 is 1.11. The maximum atomic E-state index is 4.31. The Morgan fingerprint density at radius 3 is 2.50 bits per heavy atom. The molecule has 0 spiro atoms. The van der Waals surface area contributed by atoms with Gasteiger partial charge in [-0.1, -0.05) is 41.9 Å². The van der Waals surface area contributed by atoms with Gasteiger partial charge in [0.25, 0.3) is 0 Å². The molecule has 1 aromatic carbocycles. The Morgan fingerprint density at radius 1 is 1.14 bits per heavy atom. The van der Waals surface area contributed by atoms with Gasteiger partial charge < -0.3 is 0 Å². The molecule has 0 N–H and O–H groups in total. The second-order valence-corrected chi connectivity index (χ2v) is 3.62. The van der Waals surface area contributed by atoms with Gasteiger partial charge in [-0.3, -0.25) is 4.98 Å². The lowest BCUT2D eigenvalue weighted by atomic mass is 10.1. The predicted molar refractivity (Wildman–Crippen MR) is 65.5 cm³/mol. The average Bonchev–Trinajstić information content (AvgIpc) is 2.27. The van der Waals surface area contributed by atoms with Crippen molar-refractivity contribution in [3.05, 3.63) is 40.5 Å². The first kappa shape index (κ1) is 11.2. The van der Waals surface area contributed by atoms with E-state index >= 15 is 0 Å². The summed E-state index contributed by atoms with van der Waals surface area (Å²) in [4.78, 5) is 4.31. The minimum Gasteiger partial charge on any atom is -0.256 e. The van der Waals surface area contributed by atoms with E-state index in [-0.39, 0.29) is 0 Å². The fraction of sp³-hybridized carbons (Fsp3) is 0.250. The largest absolute Gasteiger partial charge is 0.256 e. The van der Waals surface area contributed by atoms with Gasteiger partial charge in [0.2, 0.25) is 0 Å². The minimum absolute atomic E-state index is 1.08. The normalized spacial score (nSPS) is 9.43. The number of hydrogen-bond acceptors (Lipinski definition) is 1.